The molecular weight excluding hydrogens is 421 g/mol. The summed E-state index contributed by atoms with van der Waals surface area (Å²) in [5.74, 6) is -0.552. The summed E-state index contributed by atoms with van der Waals surface area (Å²) < 4.78 is 14.2. The fourth-order valence-corrected chi connectivity index (χ4v) is 5.26. The molecule has 7 heteroatoms. The topological polar surface area (TPSA) is 54.9 Å². The number of hydrogen-bond donors (Lipinski definition) is 1. The normalized spacial score (nSPS) is 15.7. The van der Waals surface area contributed by atoms with Gasteiger partial charge in [-0.05, 0) is 49.6 Å². The average molecular weight is 444 g/mol. The lowest BCUT2D eigenvalue weighted by Gasteiger charge is -2.38. The van der Waals surface area contributed by atoms with Gasteiger partial charge < -0.3 is 5.32 Å². The number of carbonyl (C=O) groups is 1. The Morgan fingerprint density at radius 1 is 1.27 bits per heavy atom. The second-order valence-electron chi connectivity index (χ2n) is 7.83. The van der Waals surface area contributed by atoms with Crippen molar-refractivity contribution >= 4 is 28.8 Å². The summed E-state index contributed by atoms with van der Waals surface area (Å²) in [7, 11) is 0. The maximum absolute atomic E-state index is 14.2. The molecule has 1 aliphatic carbocycles. The van der Waals surface area contributed by atoms with E-state index in [2.05, 4.69) is 15.3 Å². The Morgan fingerprint density at radius 3 is 2.77 bits per heavy atom. The van der Waals surface area contributed by atoms with Gasteiger partial charge in [0, 0.05) is 29.9 Å². The van der Waals surface area contributed by atoms with E-state index in [9.17, 15) is 9.18 Å². The number of halogens is 2. The molecule has 4 nitrogen and oxygen atoms in total. The van der Waals surface area contributed by atoms with Gasteiger partial charge in [-0.2, -0.15) is 0 Å². The van der Waals surface area contributed by atoms with Gasteiger partial charge in [0.1, 0.15) is 15.7 Å². The maximum atomic E-state index is 14.2. The second kappa shape index (κ2) is 8.82. The number of benzene rings is 1. The molecular formula is C23H23ClFN3OS. The molecule has 1 aliphatic rings. The van der Waals surface area contributed by atoms with Crippen molar-refractivity contribution in [3.05, 3.63) is 69.7 Å². The van der Waals surface area contributed by atoms with Crippen LogP contribution in [0.1, 0.15) is 53.0 Å². The number of aromatic nitrogens is 2. The fraction of sp³-hybridized carbons (Fsp3) is 0.348. The molecule has 4 rings (SSSR count). The van der Waals surface area contributed by atoms with Gasteiger partial charge in [0.2, 0.25) is 0 Å². The summed E-state index contributed by atoms with van der Waals surface area (Å²) in [4.78, 5) is 22.3. The molecule has 0 radical (unpaired) electrons. The minimum absolute atomic E-state index is 0.122. The van der Waals surface area contributed by atoms with E-state index in [1.54, 1.807) is 18.5 Å². The minimum Gasteiger partial charge on any atom is -0.350 e. The number of hydrogen-bond acceptors (Lipinski definition) is 4. The highest BCUT2D eigenvalue weighted by atomic mass is 35.5. The van der Waals surface area contributed by atoms with Crippen LogP contribution in [0.3, 0.4) is 0 Å². The van der Waals surface area contributed by atoms with E-state index in [4.69, 9.17) is 11.6 Å². The summed E-state index contributed by atoms with van der Waals surface area (Å²) in [5, 5.41) is 4.01. The summed E-state index contributed by atoms with van der Waals surface area (Å²) in [6, 6.07) is 8.81. The number of nitrogens with one attached hydrogen (secondary N) is 1. The highest BCUT2D eigenvalue weighted by molar-refractivity contribution is 7.17. The highest BCUT2D eigenvalue weighted by Crippen LogP contribution is 2.40. The van der Waals surface area contributed by atoms with Crippen molar-refractivity contribution in [2.45, 2.75) is 44.4 Å². The number of aryl methyl sites for hydroxylation is 1. The lowest BCUT2D eigenvalue weighted by molar-refractivity contribution is 0.0940. The van der Waals surface area contributed by atoms with Crippen molar-refractivity contribution in [1.29, 1.82) is 0 Å². The summed E-state index contributed by atoms with van der Waals surface area (Å²) >= 11 is 7.25. The molecule has 156 valence electrons. The van der Waals surface area contributed by atoms with Crippen molar-refractivity contribution in [2.75, 3.05) is 6.54 Å². The van der Waals surface area contributed by atoms with Crippen molar-refractivity contribution in [1.82, 2.24) is 15.3 Å². The Bertz CT molecular complexity index is 1050. The van der Waals surface area contributed by atoms with Crippen molar-refractivity contribution < 1.29 is 9.18 Å². The SMILES string of the molecule is Cc1nc(-c2cccnc2)sc1C(=O)NCC1(c2ccc(Cl)c(F)c2)CCCCC1. The van der Waals surface area contributed by atoms with E-state index in [-0.39, 0.29) is 16.3 Å². The Balaban J connectivity index is 1.55. The molecule has 0 atom stereocenters. The molecule has 1 aromatic carbocycles. The van der Waals surface area contributed by atoms with E-state index in [0.717, 1.165) is 48.2 Å². The number of thiazole rings is 1. The largest absolute Gasteiger partial charge is 0.350 e. The Labute approximate surface area is 184 Å². The van der Waals surface area contributed by atoms with Crippen LogP contribution in [-0.2, 0) is 5.41 Å². The predicted octanol–water partition coefficient (Wildman–Crippen LogP) is 5.94. The monoisotopic (exact) mass is 443 g/mol. The number of amides is 1. The van der Waals surface area contributed by atoms with Crippen LogP contribution in [0.5, 0.6) is 0 Å². The van der Waals surface area contributed by atoms with Gasteiger partial charge >= 0.3 is 0 Å². The first-order valence-electron chi connectivity index (χ1n) is 10.1. The molecule has 0 unspecified atom stereocenters. The van der Waals surface area contributed by atoms with Gasteiger partial charge in [0.25, 0.3) is 5.91 Å². The molecule has 0 saturated heterocycles. The molecule has 0 spiro atoms. The van der Waals surface area contributed by atoms with Gasteiger partial charge in [-0.1, -0.05) is 36.9 Å². The molecule has 2 aromatic heterocycles. The predicted molar refractivity (Wildman–Crippen MR) is 119 cm³/mol. The molecule has 0 aliphatic heterocycles. The van der Waals surface area contributed by atoms with Crippen molar-refractivity contribution in [3.63, 3.8) is 0 Å². The molecule has 1 fully saturated rings. The Hall–Kier alpha value is -2.31. The zero-order valence-corrected chi connectivity index (χ0v) is 18.3. The van der Waals surface area contributed by atoms with E-state index < -0.39 is 5.82 Å². The number of pyridine rings is 1. The van der Waals surface area contributed by atoms with Gasteiger partial charge in [-0.25, -0.2) is 9.37 Å². The third-order valence-corrected chi connectivity index (χ3v) is 7.35. The molecule has 0 bridgehead atoms. The summed E-state index contributed by atoms with van der Waals surface area (Å²) in [6.07, 6.45) is 8.56. The summed E-state index contributed by atoms with van der Waals surface area (Å²) in [6.45, 7) is 2.31. The first-order chi connectivity index (χ1) is 14.5. The van der Waals surface area contributed by atoms with Crippen molar-refractivity contribution in [2.24, 2.45) is 0 Å². The van der Waals surface area contributed by atoms with E-state index in [1.165, 1.54) is 17.4 Å². The standard InChI is InChI=1S/C23H23ClFN3OS/c1-15-20(30-22(28-15)16-6-5-11-26-13-16)21(29)27-14-23(9-3-2-4-10-23)17-7-8-18(24)19(25)12-17/h5-8,11-13H,2-4,9-10,14H2,1H3,(H,27,29). The van der Waals surface area contributed by atoms with Crippen LogP contribution in [0.4, 0.5) is 4.39 Å². The van der Waals surface area contributed by atoms with Gasteiger partial charge in [0.15, 0.2) is 0 Å². The minimum atomic E-state index is -0.412. The smallest absolute Gasteiger partial charge is 0.263 e. The third kappa shape index (κ3) is 4.25. The van der Waals surface area contributed by atoms with E-state index >= 15 is 0 Å². The van der Waals surface area contributed by atoms with Crippen LogP contribution in [0.15, 0.2) is 42.7 Å². The van der Waals surface area contributed by atoms with Gasteiger partial charge in [0.05, 0.1) is 10.7 Å². The summed E-state index contributed by atoms with van der Waals surface area (Å²) in [5.41, 5.74) is 2.22. The first-order valence-corrected chi connectivity index (χ1v) is 11.3. The molecule has 1 N–H and O–H groups in total. The lowest BCUT2D eigenvalue weighted by Crippen LogP contribution is -2.42. The Morgan fingerprint density at radius 2 is 2.07 bits per heavy atom. The average Bonchev–Trinajstić information content (AvgIpc) is 3.17. The van der Waals surface area contributed by atoms with E-state index in [1.807, 2.05) is 25.1 Å². The van der Waals surface area contributed by atoms with Gasteiger partial charge in [-0.15, -0.1) is 11.3 Å². The fourth-order valence-electron chi connectivity index (χ4n) is 4.17. The Kier molecular flexibility index (Phi) is 6.16. The number of carbonyl (C=O) groups excluding carboxylic acids is 1. The lowest BCUT2D eigenvalue weighted by atomic mass is 9.69. The van der Waals surface area contributed by atoms with Crippen LogP contribution in [0, 0.1) is 12.7 Å². The number of rotatable bonds is 5. The molecule has 3 aromatic rings. The molecule has 2 heterocycles. The maximum Gasteiger partial charge on any atom is 0.263 e. The van der Waals surface area contributed by atoms with Crippen LogP contribution in [0.2, 0.25) is 5.02 Å². The molecule has 1 amide bonds. The van der Waals surface area contributed by atoms with Crippen LogP contribution < -0.4 is 5.32 Å². The zero-order valence-electron chi connectivity index (χ0n) is 16.8. The van der Waals surface area contributed by atoms with Crippen LogP contribution in [0.25, 0.3) is 10.6 Å². The molecule has 30 heavy (non-hydrogen) atoms. The van der Waals surface area contributed by atoms with Gasteiger partial charge in [-0.3, -0.25) is 9.78 Å². The highest BCUT2D eigenvalue weighted by Gasteiger charge is 2.35. The number of nitrogens with zero attached hydrogens (tertiary/aromatic N) is 2. The first kappa shape index (κ1) is 20.9. The van der Waals surface area contributed by atoms with Crippen LogP contribution in [-0.4, -0.2) is 22.4 Å². The van der Waals surface area contributed by atoms with Crippen molar-refractivity contribution in [3.8, 4) is 10.6 Å². The van der Waals surface area contributed by atoms with Crippen LogP contribution >= 0.6 is 22.9 Å². The quantitative estimate of drug-likeness (QED) is 0.531. The molecule has 1 saturated carbocycles. The van der Waals surface area contributed by atoms with E-state index in [0.29, 0.717) is 17.1 Å². The zero-order chi connectivity index (χ0) is 21.1. The second-order valence-corrected chi connectivity index (χ2v) is 9.23. The third-order valence-electron chi connectivity index (χ3n) is 5.84.